The second kappa shape index (κ2) is 6.33. The number of ether oxygens (including phenoxy) is 1. The van der Waals surface area contributed by atoms with E-state index >= 15 is 0 Å². The highest BCUT2D eigenvalue weighted by molar-refractivity contribution is 5.55. The molecule has 0 bridgehead atoms. The van der Waals surface area contributed by atoms with E-state index in [4.69, 9.17) is 9.26 Å². The van der Waals surface area contributed by atoms with Crippen molar-refractivity contribution in [3.05, 3.63) is 30.2 Å². The van der Waals surface area contributed by atoms with E-state index in [2.05, 4.69) is 29.3 Å². The average Bonchev–Trinajstić information content (AvgIpc) is 2.87. The molecule has 1 unspecified atom stereocenters. The van der Waals surface area contributed by atoms with Crippen molar-refractivity contribution in [2.75, 3.05) is 13.7 Å². The molecule has 1 aromatic carbocycles. The number of nitrogens with one attached hydrogen (secondary N) is 1. The fraction of sp³-hybridized carbons (Fsp3) is 0.429. The van der Waals surface area contributed by atoms with E-state index in [1.54, 1.807) is 7.11 Å². The smallest absolute Gasteiger partial charge is 0.228 e. The molecule has 0 amide bonds. The summed E-state index contributed by atoms with van der Waals surface area (Å²) in [7, 11) is 1.64. The third-order valence-corrected chi connectivity index (χ3v) is 2.85. The summed E-state index contributed by atoms with van der Waals surface area (Å²) in [6.07, 6.45) is 0.733. The molecule has 2 rings (SSSR count). The number of nitrogens with zero attached hydrogens (tertiary/aromatic N) is 2. The van der Waals surface area contributed by atoms with Gasteiger partial charge in [-0.2, -0.15) is 4.98 Å². The molecule has 0 saturated carbocycles. The minimum absolute atomic E-state index is 0.328. The lowest BCUT2D eigenvalue weighted by atomic mass is 10.2. The van der Waals surface area contributed by atoms with Gasteiger partial charge in [-0.05, 0) is 37.7 Å². The molecular weight excluding hydrogens is 242 g/mol. The Bertz CT molecular complexity index is 508. The van der Waals surface area contributed by atoms with Gasteiger partial charge in [0.1, 0.15) is 5.75 Å². The summed E-state index contributed by atoms with van der Waals surface area (Å²) in [6, 6.07) is 7.93. The zero-order valence-electron chi connectivity index (χ0n) is 11.5. The molecule has 0 spiro atoms. The Balaban J connectivity index is 2.07. The van der Waals surface area contributed by atoms with Crippen LogP contribution in [0.1, 0.15) is 19.7 Å². The van der Waals surface area contributed by atoms with Crippen molar-refractivity contribution in [3.8, 4) is 17.1 Å². The SMILES string of the molecule is CCNC(C)Cc1nc(-c2ccc(OC)cc2)no1. The van der Waals surface area contributed by atoms with E-state index in [9.17, 15) is 0 Å². The zero-order chi connectivity index (χ0) is 13.7. The van der Waals surface area contributed by atoms with Gasteiger partial charge >= 0.3 is 0 Å². The number of benzene rings is 1. The molecule has 0 aliphatic heterocycles. The average molecular weight is 261 g/mol. The van der Waals surface area contributed by atoms with Gasteiger partial charge < -0.3 is 14.6 Å². The first kappa shape index (κ1) is 13.5. The Kier molecular flexibility index (Phi) is 4.52. The summed E-state index contributed by atoms with van der Waals surface area (Å²) >= 11 is 0. The van der Waals surface area contributed by atoms with E-state index in [1.165, 1.54) is 0 Å². The zero-order valence-corrected chi connectivity index (χ0v) is 11.5. The lowest BCUT2D eigenvalue weighted by Crippen LogP contribution is -2.27. The standard InChI is InChI=1S/C14H19N3O2/c1-4-15-10(2)9-13-16-14(17-19-13)11-5-7-12(18-3)8-6-11/h5-8,10,15H,4,9H2,1-3H3. The lowest BCUT2D eigenvalue weighted by molar-refractivity contribution is 0.363. The summed E-state index contributed by atoms with van der Waals surface area (Å²) < 4.78 is 10.4. The number of aromatic nitrogens is 2. The molecule has 1 atom stereocenters. The highest BCUT2D eigenvalue weighted by Crippen LogP contribution is 2.19. The van der Waals surface area contributed by atoms with Gasteiger partial charge in [0, 0.05) is 18.0 Å². The molecule has 0 aliphatic rings. The van der Waals surface area contributed by atoms with Crippen LogP contribution < -0.4 is 10.1 Å². The Morgan fingerprint density at radius 3 is 2.68 bits per heavy atom. The van der Waals surface area contributed by atoms with Crippen LogP contribution in [0.4, 0.5) is 0 Å². The van der Waals surface area contributed by atoms with Gasteiger partial charge in [0.05, 0.1) is 7.11 Å². The van der Waals surface area contributed by atoms with Crippen molar-refractivity contribution in [2.24, 2.45) is 0 Å². The molecule has 5 nitrogen and oxygen atoms in total. The monoisotopic (exact) mass is 261 g/mol. The summed E-state index contributed by atoms with van der Waals surface area (Å²) in [4.78, 5) is 4.40. The molecule has 19 heavy (non-hydrogen) atoms. The van der Waals surface area contributed by atoms with Crippen molar-refractivity contribution < 1.29 is 9.26 Å². The van der Waals surface area contributed by atoms with Crippen LogP contribution in [-0.2, 0) is 6.42 Å². The summed E-state index contributed by atoms with van der Waals surface area (Å²) in [6.45, 7) is 5.11. The lowest BCUT2D eigenvalue weighted by Gasteiger charge is -2.07. The van der Waals surface area contributed by atoms with Gasteiger partial charge in [0.15, 0.2) is 0 Å². The quantitative estimate of drug-likeness (QED) is 0.864. The van der Waals surface area contributed by atoms with Crippen LogP contribution in [0, 0.1) is 0 Å². The first-order chi connectivity index (χ1) is 9.22. The molecule has 5 heteroatoms. The molecule has 0 fully saturated rings. The van der Waals surface area contributed by atoms with Crippen molar-refractivity contribution >= 4 is 0 Å². The molecule has 0 radical (unpaired) electrons. The molecule has 1 N–H and O–H groups in total. The van der Waals surface area contributed by atoms with Crippen LogP contribution in [-0.4, -0.2) is 29.8 Å². The van der Waals surface area contributed by atoms with Crippen LogP contribution in [0.15, 0.2) is 28.8 Å². The molecule has 0 saturated heterocycles. The fourth-order valence-corrected chi connectivity index (χ4v) is 1.88. The molecule has 1 heterocycles. The van der Waals surface area contributed by atoms with Crippen LogP contribution in [0.2, 0.25) is 0 Å². The molecule has 1 aromatic heterocycles. The Labute approximate surface area is 113 Å². The highest BCUT2D eigenvalue weighted by atomic mass is 16.5. The topological polar surface area (TPSA) is 60.2 Å². The summed E-state index contributed by atoms with van der Waals surface area (Å²) in [5.74, 6) is 2.08. The number of methoxy groups -OCH3 is 1. The van der Waals surface area contributed by atoms with Crippen LogP contribution >= 0.6 is 0 Å². The third kappa shape index (κ3) is 3.54. The number of likely N-dealkylation sites (N-methyl/N-ethyl adjacent to an activating group) is 1. The molecule has 2 aromatic rings. The highest BCUT2D eigenvalue weighted by Gasteiger charge is 2.11. The predicted octanol–water partition coefficient (Wildman–Crippen LogP) is 2.29. The predicted molar refractivity (Wildman–Crippen MR) is 73.1 cm³/mol. The van der Waals surface area contributed by atoms with Gasteiger partial charge in [-0.1, -0.05) is 12.1 Å². The van der Waals surface area contributed by atoms with Gasteiger partial charge in [-0.3, -0.25) is 0 Å². The summed E-state index contributed by atoms with van der Waals surface area (Å²) in [5, 5.41) is 7.31. The minimum atomic E-state index is 0.328. The maximum atomic E-state index is 5.26. The second-order valence-electron chi connectivity index (χ2n) is 4.40. The number of hydrogen-bond donors (Lipinski definition) is 1. The van der Waals surface area contributed by atoms with Crippen LogP contribution in [0.3, 0.4) is 0 Å². The van der Waals surface area contributed by atoms with Gasteiger partial charge in [-0.15, -0.1) is 0 Å². The van der Waals surface area contributed by atoms with Gasteiger partial charge in [-0.25, -0.2) is 0 Å². The van der Waals surface area contributed by atoms with E-state index in [-0.39, 0.29) is 0 Å². The van der Waals surface area contributed by atoms with Crippen molar-refractivity contribution in [1.82, 2.24) is 15.5 Å². The molecule has 102 valence electrons. The van der Waals surface area contributed by atoms with E-state index < -0.39 is 0 Å². The van der Waals surface area contributed by atoms with Crippen molar-refractivity contribution in [1.29, 1.82) is 0 Å². The molecule has 0 aliphatic carbocycles. The van der Waals surface area contributed by atoms with E-state index in [1.807, 2.05) is 24.3 Å². The number of rotatable bonds is 6. The maximum Gasteiger partial charge on any atom is 0.228 e. The Morgan fingerprint density at radius 1 is 1.32 bits per heavy atom. The Morgan fingerprint density at radius 2 is 2.05 bits per heavy atom. The van der Waals surface area contributed by atoms with Crippen molar-refractivity contribution in [2.45, 2.75) is 26.3 Å². The van der Waals surface area contributed by atoms with E-state index in [0.717, 1.165) is 24.3 Å². The van der Waals surface area contributed by atoms with Crippen LogP contribution in [0.25, 0.3) is 11.4 Å². The number of hydrogen-bond acceptors (Lipinski definition) is 5. The maximum absolute atomic E-state index is 5.26. The largest absolute Gasteiger partial charge is 0.497 e. The van der Waals surface area contributed by atoms with Crippen molar-refractivity contribution in [3.63, 3.8) is 0 Å². The normalized spacial score (nSPS) is 12.4. The minimum Gasteiger partial charge on any atom is -0.497 e. The first-order valence-electron chi connectivity index (χ1n) is 6.43. The molecular formula is C14H19N3O2. The third-order valence-electron chi connectivity index (χ3n) is 2.85. The van der Waals surface area contributed by atoms with E-state index in [0.29, 0.717) is 17.8 Å². The van der Waals surface area contributed by atoms with Gasteiger partial charge in [0.25, 0.3) is 0 Å². The fourth-order valence-electron chi connectivity index (χ4n) is 1.88. The first-order valence-corrected chi connectivity index (χ1v) is 6.43. The summed E-state index contributed by atoms with van der Waals surface area (Å²) in [5.41, 5.74) is 0.923. The Hall–Kier alpha value is -1.88. The second-order valence-corrected chi connectivity index (χ2v) is 4.40. The van der Waals surface area contributed by atoms with Crippen LogP contribution in [0.5, 0.6) is 5.75 Å². The van der Waals surface area contributed by atoms with Gasteiger partial charge in [0.2, 0.25) is 11.7 Å².